The number of para-hydroxylation sites is 1. The minimum absolute atomic E-state index is 0.136. The van der Waals surface area contributed by atoms with Crippen molar-refractivity contribution in [3.63, 3.8) is 0 Å². The first kappa shape index (κ1) is 19.9. The maximum atomic E-state index is 5.79. The van der Waals surface area contributed by atoms with E-state index < -0.39 is 0 Å². The molecule has 1 aliphatic rings. The Hall–Kier alpha value is -3.42. The molecule has 8 nitrogen and oxygen atoms in total. The van der Waals surface area contributed by atoms with Gasteiger partial charge in [-0.15, -0.1) is 10.2 Å². The van der Waals surface area contributed by atoms with Gasteiger partial charge in [-0.1, -0.05) is 24.3 Å². The van der Waals surface area contributed by atoms with Crippen molar-refractivity contribution in [1.82, 2.24) is 30.4 Å². The van der Waals surface area contributed by atoms with Crippen molar-refractivity contribution in [2.75, 3.05) is 13.2 Å². The predicted molar refractivity (Wildman–Crippen MR) is 115 cm³/mol. The minimum atomic E-state index is 0.136. The van der Waals surface area contributed by atoms with Gasteiger partial charge in [-0.2, -0.15) is 0 Å². The van der Waals surface area contributed by atoms with Crippen LogP contribution in [0.25, 0.3) is 0 Å². The van der Waals surface area contributed by atoms with Gasteiger partial charge < -0.3 is 19.9 Å². The van der Waals surface area contributed by atoms with Crippen molar-refractivity contribution in [3.8, 4) is 5.75 Å². The van der Waals surface area contributed by atoms with Gasteiger partial charge >= 0.3 is 0 Å². The van der Waals surface area contributed by atoms with Crippen LogP contribution in [0.3, 0.4) is 0 Å². The standard InChI is InChI=1S/C22H27N7O/c1-16-27-28-21(29(16)2)15-25-22(24-13-10-17-7-5-6-12-23-17)26-19-11-14-30-20-9-4-3-8-18(19)20/h3-9,12,19H,10-11,13-15H2,1-2H3,(H2,24,25,26). The number of pyridine rings is 1. The third kappa shape index (κ3) is 4.76. The van der Waals surface area contributed by atoms with Crippen molar-refractivity contribution >= 4 is 5.96 Å². The molecular formula is C22H27N7O. The van der Waals surface area contributed by atoms with Gasteiger partial charge in [-0.05, 0) is 25.1 Å². The van der Waals surface area contributed by atoms with Gasteiger partial charge in [0.2, 0.25) is 0 Å². The van der Waals surface area contributed by atoms with Crippen LogP contribution in [0.5, 0.6) is 5.75 Å². The lowest BCUT2D eigenvalue weighted by molar-refractivity contribution is 0.261. The number of aromatic nitrogens is 4. The second-order valence-electron chi connectivity index (χ2n) is 7.26. The van der Waals surface area contributed by atoms with E-state index in [0.717, 1.165) is 54.0 Å². The molecule has 3 heterocycles. The van der Waals surface area contributed by atoms with E-state index >= 15 is 0 Å². The van der Waals surface area contributed by atoms with Crippen LogP contribution in [0.2, 0.25) is 0 Å². The fourth-order valence-corrected chi connectivity index (χ4v) is 3.40. The van der Waals surface area contributed by atoms with Crippen LogP contribution in [0.1, 0.15) is 35.4 Å². The minimum Gasteiger partial charge on any atom is -0.493 e. The summed E-state index contributed by atoms with van der Waals surface area (Å²) in [4.78, 5) is 9.17. The molecule has 1 atom stereocenters. The normalized spacial score (nSPS) is 15.9. The maximum Gasteiger partial charge on any atom is 0.192 e. The van der Waals surface area contributed by atoms with E-state index in [1.807, 2.05) is 61.1 Å². The summed E-state index contributed by atoms with van der Waals surface area (Å²) < 4.78 is 7.75. The average Bonchev–Trinajstić information content (AvgIpc) is 3.10. The number of aliphatic imine (C=N–C) groups is 1. The second-order valence-corrected chi connectivity index (χ2v) is 7.26. The third-order valence-electron chi connectivity index (χ3n) is 5.23. The molecule has 2 aromatic heterocycles. The zero-order chi connectivity index (χ0) is 20.8. The van der Waals surface area contributed by atoms with Gasteiger partial charge in [0.15, 0.2) is 11.8 Å². The Kier molecular flexibility index (Phi) is 6.22. The summed E-state index contributed by atoms with van der Waals surface area (Å²) in [7, 11) is 1.95. The summed E-state index contributed by atoms with van der Waals surface area (Å²) >= 11 is 0. The summed E-state index contributed by atoms with van der Waals surface area (Å²) in [6.45, 7) is 3.79. The van der Waals surface area contributed by atoms with Gasteiger partial charge in [-0.25, -0.2) is 4.99 Å². The first-order valence-corrected chi connectivity index (χ1v) is 10.2. The van der Waals surface area contributed by atoms with Gasteiger partial charge in [0.1, 0.15) is 18.1 Å². The molecule has 1 aromatic carbocycles. The molecule has 0 fully saturated rings. The van der Waals surface area contributed by atoms with E-state index in [1.165, 1.54) is 0 Å². The highest BCUT2D eigenvalue weighted by Gasteiger charge is 2.22. The van der Waals surface area contributed by atoms with Crippen molar-refractivity contribution < 1.29 is 4.74 Å². The van der Waals surface area contributed by atoms with E-state index in [4.69, 9.17) is 9.73 Å². The highest BCUT2D eigenvalue weighted by molar-refractivity contribution is 5.80. The molecule has 0 spiro atoms. The summed E-state index contributed by atoms with van der Waals surface area (Å²) in [5.74, 6) is 3.37. The summed E-state index contributed by atoms with van der Waals surface area (Å²) in [6.07, 6.45) is 3.51. The number of ether oxygens (including phenoxy) is 1. The zero-order valence-corrected chi connectivity index (χ0v) is 17.4. The van der Waals surface area contributed by atoms with Crippen LogP contribution in [-0.4, -0.2) is 38.9 Å². The Labute approximate surface area is 176 Å². The Morgan fingerprint density at radius 2 is 2.07 bits per heavy atom. The Bertz CT molecular complexity index is 1000. The molecule has 0 bridgehead atoms. The fraction of sp³-hybridized carbons (Fsp3) is 0.364. The molecule has 8 heteroatoms. The Morgan fingerprint density at radius 1 is 1.20 bits per heavy atom. The van der Waals surface area contributed by atoms with E-state index in [2.05, 4.69) is 31.9 Å². The topological polar surface area (TPSA) is 89.2 Å². The van der Waals surface area contributed by atoms with Crippen LogP contribution in [0, 0.1) is 6.92 Å². The van der Waals surface area contributed by atoms with Gasteiger partial charge in [0.25, 0.3) is 0 Å². The lowest BCUT2D eigenvalue weighted by atomic mass is 10.0. The molecule has 30 heavy (non-hydrogen) atoms. The highest BCUT2D eigenvalue weighted by atomic mass is 16.5. The number of aryl methyl sites for hydroxylation is 1. The average molecular weight is 406 g/mol. The van der Waals surface area contributed by atoms with E-state index in [-0.39, 0.29) is 6.04 Å². The lowest BCUT2D eigenvalue weighted by Crippen LogP contribution is -2.42. The first-order valence-electron chi connectivity index (χ1n) is 10.2. The van der Waals surface area contributed by atoms with E-state index in [1.54, 1.807) is 0 Å². The molecule has 1 aliphatic heterocycles. The van der Waals surface area contributed by atoms with Crippen LogP contribution in [-0.2, 0) is 20.0 Å². The van der Waals surface area contributed by atoms with E-state index in [0.29, 0.717) is 13.2 Å². The SMILES string of the molecule is Cc1nnc(CN=C(NCCc2ccccn2)NC2CCOc3ccccc32)n1C. The van der Waals surface area contributed by atoms with Crippen molar-refractivity contribution in [3.05, 3.63) is 71.6 Å². The summed E-state index contributed by atoms with van der Waals surface area (Å²) in [6, 6.07) is 14.2. The van der Waals surface area contributed by atoms with Crippen LogP contribution >= 0.6 is 0 Å². The number of hydrogen-bond acceptors (Lipinski definition) is 5. The molecule has 3 aromatic rings. The Balaban J connectivity index is 1.48. The second kappa shape index (κ2) is 9.39. The molecule has 0 saturated carbocycles. The van der Waals surface area contributed by atoms with Crippen LogP contribution in [0.15, 0.2) is 53.7 Å². The first-order chi connectivity index (χ1) is 14.7. The zero-order valence-electron chi connectivity index (χ0n) is 17.4. The number of hydrogen-bond donors (Lipinski definition) is 2. The summed E-state index contributed by atoms with van der Waals surface area (Å²) in [5.41, 5.74) is 2.20. The maximum absolute atomic E-state index is 5.79. The Morgan fingerprint density at radius 3 is 2.87 bits per heavy atom. The fourth-order valence-electron chi connectivity index (χ4n) is 3.40. The molecule has 0 amide bonds. The predicted octanol–water partition coefficient (Wildman–Crippen LogP) is 2.32. The van der Waals surface area contributed by atoms with Gasteiger partial charge in [-0.3, -0.25) is 4.98 Å². The largest absolute Gasteiger partial charge is 0.493 e. The number of benzene rings is 1. The van der Waals surface area contributed by atoms with Crippen LogP contribution < -0.4 is 15.4 Å². The van der Waals surface area contributed by atoms with Crippen molar-refractivity contribution in [2.24, 2.45) is 12.0 Å². The number of nitrogens with zero attached hydrogens (tertiary/aromatic N) is 5. The lowest BCUT2D eigenvalue weighted by Gasteiger charge is -2.28. The number of nitrogens with one attached hydrogen (secondary N) is 2. The van der Waals surface area contributed by atoms with Crippen molar-refractivity contribution in [2.45, 2.75) is 32.4 Å². The van der Waals surface area contributed by atoms with Gasteiger partial charge in [0, 0.05) is 43.9 Å². The van der Waals surface area contributed by atoms with Crippen molar-refractivity contribution in [1.29, 1.82) is 0 Å². The molecule has 0 saturated heterocycles. The third-order valence-corrected chi connectivity index (χ3v) is 5.23. The molecule has 0 radical (unpaired) electrons. The number of fused-ring (bicyclic) bond motifs is 1. The molecular weight excluding hydrogens is 378 g/mol. The number of guanidine groups is 1. The molecule has 4 rings (SSSR count). The molecule has 1 unspecified atom stereocenters. The van der Waals surface area contributed by atoms with E-state index in [9.17, 15) is 0 Å². The molecule has 0 aliphatic carbocycles. The monoisotopic (exact) mass is 405 g/mol. The molecule has 156 valence electrons. The highest BCUT2D eigenvalue weighted by Crippen LogP contribution is 2.31. The number of rotatable bonds is 6. The van der Waals surface area contributed by atoms with Crippen LogP contribution in [0.4, 0.5) is 0 Å². The quantitative estimate of drug-likeness (QED) is 0.483. The smallest absolute Gasteiger partial charge is 0.192 e. The molecule has 2 N–H and O–H groups in total. The van der Waals surface area contributed by atoms with Gasteiger partial charge in [0.05, 0.1) is 12.6 Å². The summed E-state index contributed by atoms with van der Waals surface area (Å²) in [5, 5.41) is 15.4.